The number of hydrogen-bond donors (Lipinski definition) is 1. The van der Waals surface area contributed by atoms with Crippen LogP contribution in [0.1, 0.15) is 36.8 Å². The molecule has 3 fully saturated rings. The molecule has 0 saturated carbocycles. The summed E-state index contributed by atoms with van der Waals surface area (Å²) in [4.78, 5) is 57.3. The minimum absolute atomic E-state index is 0.00449. The predicted octanol–water partition coefficient (Wildman–Crippen LogP) is 2.80. The maximum atomic E-state index is 14.1. The number of carbonyl (C=O) groups is 3. The van der Waals surface area contributed by atoms with Crippen LogP contribution in [0.5, 0.6) is 0 Å². The van der Waals surface area contributed by atoms with E-state index in [1.165, 1.54) is 10.6 Å². The average molecular weight is 719 g/mol. The molecule has 2 aromatic carbocycles. The fraction of sp³-hybridized carbons (Fsp3) is 0.528. The van der Waals surface area contributed by atoms with E-state index in [4.69, 9.17) is 4.74 Å². The highest BCUT2D eigenvalue weighted by molar-refractivity contribution is 7.88. The number of ether oxygens (including phenoxy) is 1. The number of rotatable bonds is 7. The fourth-order valence-corrected chi connectivity index (χ4v) is 8.71. The predicted molar refractivity (Wildman–Crippen MR) is 192 cm³/mol. The number of fused-ring (bicyclic) bond motifs is 2. The number of urea groups is 1. The number of sulfonamides is 1. The summed E-state index contributed by atoms with van der Waals surface area (Å²) >= 11 is 0. The van der Waals surface area contributed by atoms with Crippen molar-refractivity contribution >= 4 is 44.8 Å². The first kappa shape index (κ1) is 35.1. The van der Waals surface area contributed by atoms with Gasteiger partial charge in [-0.25, -0.2) is 18.0 Å². The number of benzene rings is 2. The molecule has 14 nitrogen and oxygen atoms in total. The SMILES string of the molecule is CS(=O)(=O)N1CCN(C2CCN(C(=O)[C@@H](Cc3ccc4nccnc4c3)OC(=O)N3CCC(N4CCc5ccccc5NC4=O)CC3)CC2)CC1. The Morgan fingerprint density at radius 3 is 2.24 bits per heavy atom. The molecule has 4 aliphatic heterocycles. The van der Waals surface area contributed by atoms with Gasteiger partial charge in [0.2, 0.25) is 10.0 Å². The van der Waals surface area contributed by atoms with Crippen LogP contribution in [0.2, 0.25) is 0 Å². The van der Waals surface area contributed by atoms with Crippen LogP contribution in [0, 0.1) is 0 Å². The van der Waals surface area contributed by atoms with Crippen molar-refractivity contribution in [2.24, 2.45) is 0 Å². The zero-order valence-corrected chi connectivity index (χ0v) is 29.8. The van der Waals surface area contributed by atoms with Gasteiger partial charge in [-0.2, -0.15) is 4.31 Å². The van der Waals surface area contributed by atoms with Gasteiger partial charge in [0.15, 0.2) is 6.10 Å². The molecule has 3 saturated heterocycles. The highest BCUT2D eigenvalue weighted by atomic mass is 32.2. The van der Waals surface area contributed by atoms with E-state index in [1.54, 1.807) is 22.2 Å². The number of amides is 4. The standard InChI is InChI=1S/C36H46N8O6S/c1-51(48,49)43-22-20-40(21-23-43)28-9-15-41(16-10-28)34(45)33(25-26-6-7-31-32(24-26)38-14-13-37-31)50-36(47)42-17-11-29(12-18-42)44-19-8-27-4-2-3-5-30(27)39-35(44)46/h2-7,13-14,24,28-29,33H,8-12,15-23,25H2,1H3,(H,39,46)/t33-/m1/s1. The third-order valence-corrected chi connectivity index (χ3v) is 12.1. The third kappa shape index (κ3) is 8.10. The first-order chi connectivity index (χ1) is 24.6. The van der Waals surface area contributed by atoms with Crippen LogP contribution in [0.4, 0.5) is 15.3 Å². The summed E-state index contributed by atoms with van der Waals surface area (Å²) in [5.41, 5.74) is 4.22. The average Bonchev–Trinajstić information content (AvgIpc) is 3.32. The Bertz CT molecular complexity index is 1850. The lowest BCUT2D eigenvalue weighted by Gasteiger charge is -2.42. The molecule has 0 unspecified atom stereocenters. The minimum atomic E-state index is -3.20. The summed E-state index contributed by atoms with van der Waals surface area (Å²) in [7, 11) is -3.20. The molecular weight excluding hydrogens is 673 g/mol. The molecule has 15 heteroatoms. The van der Waals surface area contributed by atoms with Gasteiger partial charge in [-0.05, 0) is 61.4 Å². The van der Waals surface area contributed by atoms with E-state index in [2.05, 4.69) is 20.2 Å². The number of piperidine rings is 2. The topological polar surface area (TPSA) is 149 Å². The molecule has 7 rings (SSSR count). The van der Waals surface area contributed by atoms with Crippen LogP contribution in [0.3, 0.4) is 0 Å². The Morgan fingerprint density at radius 2 is 1.51 bits per heavy atom. The first-order valence-corrected chi connectivity index (χ1v) is 19.8. The van der Waals surface area contributed by atoms with Crippen LogP contribution in [-0.2, 0) is 32.4 Å². The maximum absolute atomic E-state index is 14.1. The molecule has 4 amide bonds. The van der Waals surface area contributed by atoms with Crippen molar-refractivity contribution in [3.05, 3.63) is 66.0 Å². The highest BCUT2D eigenvalue weighted by Crippen LogP contribution is 2.26. The Kier molecular flexibility index (Phi) is 10.4. The van der Waals surface area contributed by atoms with Gasteiger partial charge in [0.25, 0.3) is 5.91 Å². The Hall–Kier alpha value is -4.34. The molecule has 1 N–H and O–H groups in total. The van der Waals surface area contributed by atoms with E-state index in [9.17, 15) is 22.8 Å². The van der Waals surface area contributed by atoms with Crippen LogP contribution in [0.25, 0.3) is 11.0 Å². The number of carbonyl (C=O) groups excluding carboxylic acids is 3. The quantitative estimate of drug-likeness (QED) is 0.390. The Labute approximate surface area is 298 Å². The number of likely N-dealkylation sites (tertiary alicyclic amines) is 2. The highest BCUT2D eigenvalue weighted by Gasteiger charge is 2.37. The number of nitrogens with one attached hydrogen (secondary N) is 1. The van der Waals surface area contributed by atoms with Gasteiger partial charge < -0.3 is 24.8 Å². The molecule has 51 heavy (non-hydrogen) atoms. The summed E-state index contributed by atoms with van der Waals surface area (Å²) in [6.45, 7) is 4.80. The second-order valence-electron chi connectivity index (χ2n) is 14.0. The van der Waals surface area contributed by atoms with E-state index < -0.39 is 22.2 Å². The molecule has 0 spiro atoms. The first-order valence-electron chi connectivity index (χ1n) is 17.9. The minimum Gasteiger partial charge on any atom is -0.436 e. The lowest BCUT2D eigenvalue weighted by Crippen LogP contribution is -2.55. The summed E-state index contributed by atoms with van der Waals surface area (Å²) in [5, 5.41) is 3.04. The number of piperazine rings is 1. The van der Waals surface area contributed by atoms with Crippen molar-refractivity contribution in [1.82, 2.24) is 33.9 Å². The summed E-state index contributed by atoms with van der Waals surface area (Å²) in [5.74, 6) is -0.223. The number of para-hydroxylation sites is 1. The zero-order valence-electron chi connectivity index (χ0n) is 29.0. The smallest absolute Gasteiger partial charge is 0.410 e. The van der Waals surface area contributed by atoms with Gasteiger partial charge in [0.05, 0.1) is 17.3 Å². The van der Waals surface area contributed by atoms with Gasteiger partial charge in [0, 0.05) is 95.5 Å². The summed E-state index contributed by atoms with van der Waals surface area (Å²) in [6.07, 6.45) is 6.68. The van der Waals surface area contributed by atoms with Gasteiger partial charge in [-0.1, -0.05) is 24.3 Å². The summed E-state index contributed by atoms with van der Waals surface area (Å²) < 4.78 is 31.5. The van der Waals surface area contributed by atoms with E-state index >= 15 is 0 Å². The molecule has 0 aliphatic carbocycles. The fourth-order valence-electron chi connectivity index (χ4n) is 7.88. The van der Waals surface area contributed by atoms with Crippen molar-refractivity contribution in [3.63, 3.8) is 0 Å². The van der Waals surface area contributed by atoms with Crippen molar-refractivity contribution in [2.75, 3.05) is 70.5 Å². The van der Waals surface area contributed by atoms with Crippen molar-refractivity contribution in [3.8, 4) is 0 Å². The Morgan fingerprint density at radius 1 is 0.843 bits per heavy atom. The van der Waals surface area contributed by atoms with Crippen molar-refractivity contribution < 1.29 is 27.5 Å². The van der Waals surface area contributed by atoms with Gasteiger partial charge >= 0.3 is 12.1 Å². The Balaban J connectivity index is 0.981. The van der Waals surface area contributed by atoms with Crippen LogP contribution < -0.4 is 5.32 Å². The van der Waals surface area contributed by atoms with E-state index in [0.29, 0.717) is 77.3 Å². The number of hydrogen-bond acceptors (Lipinski definition) is 9. The summed E-state index contributed by atoms with van der Waals surface area (Å²) in [6, 6.07) is 13.6. The van der Waals surface area contributed by atoms with Gasteiger partial charge in [-0.3, -0.25) is 19.7 Å². The van der Waals surface area contributed by atoms with E-state index in [0.717, 1.165) is 41.6 Å². The molecule has 1 aromatic heterocycles. The van der Waals surface area contributed by atoms with E-state index in [1.807, 2.05) is 47.4 Å². The monoisotopic (exact) mass is 718 g/mol. The second-order valence-corrected chi connectivity index (χ2v) is 15.9. The molecule has 0 bridgehead atoms. The van der Waals surface area contributed by atoms with E-state index in [-0.39, 0.29) is 30.4 Å². The molecule has 4 aliphatic rings. The number of nitrogens with zero attached hydrogens (tertiary/aromatic N) is 7. The molecule has 5 heterocycles. The van der Waals surface area contributed by atoms with Crippen molar-refractivity contribution in [1.29, 1.82) is 0 Å². The number of anilines is 1. The lowest BCUT2D eigenvalue weighted by atomic mass is 10.0. The van der Waals surface area contributed by atoms with Crippen molar-refractivity contribution in [2.45, 2.75) is 56.7 Å². The molecule has 1 atom stereocenters. The van der Waals surface area contributed by atoms with Gasteiger partial charge in [0.1, 0.15) is 0 Å². The third-order valence-electron chi connectivity index (χ3n) is 10.8. The van der Waals surface area contributed by atoms with Gasteiger partial charge in [-0.15, -0.1) is 0 Å². The maximum Gasteiger partial charge on any atom is 0.410 e. The normalized spacial score (nSPS) is 20.8. The lowest BCUT2D eigenvalue weighted by molar-refractivity contribution is -0.142. The number of aromatic nitrogens is 2. The molecule has 3 aromatic rings. The molecule has 0 radical (unpaired) electrons. The van der Waals surface area contributed by atoms with Crippen LogP contribution >= 0.6 is 0 Å². The zero-order chi connectivity index (χ0) is 35.5. The van der Waals surface area contributed by atoms with Crippen LogP contribution in [-0.4, -0.2) is 144 Å². The van der Waals surface area contributed by atoms with Crippen LogP contribution in [0.15, 0.2) is 54.9 Å². The molecular formula is C36H46N8O6S. The second kappa shape index (κ2) is 15.1. The molecule has 272 valence electrons. The largest absolute Gasteiger partial charge is 0.436 e.